The molecule has 0 bridgehead atoms. The molecule has 0 atom stereocenters. The van der Waals surface area contributed by atoms with Gasteiger partial charge in [0.2, 0.25) is 0 Å². The minimum absolute atomic E-state index is 0.0816. The summed E-state index contributed by atoms with van der Waals surface area (Å²) in [5.41, 5.74) is 2.33. The Balaban J connectivity index is 2.05. The number of hydrogen-bond donors (Lipinski definition) is 1. The summed E-state index contributed by atoms with van der Waals surface area (Å²) in [5, 5.41) is 2.76. The third-order valence-corrected chi connectivity index (χ3v) is 7.75. The van der Waals surface area contributed by atoms with E-state index in [0.29, 0.717) is 29.9 Å². The lowest BCUT2D eigenvalue weighted by Gasteiger charge is -2.17. The second-order valence-electron chi connectivity index (χ2n) is 7.54. The summed E-state index contributed by atoms with van der Waals surface area (Å²) in [7, 11) is -2.13. The fourth-order valence-corrected chi connectivity index (χ4v) is 4.28. The van der Waals surface area contributed by atoms with Crippen LogP contribution in [0.4, 0.5) is 5.82 Å². The van der Waals surface area contributed by atoms with Crippen molar-refractivity contribution in [3.05, 3.63) is 53.5 Å². The number of carbonyl (C=O) groups is 1. The fraction of sp³-hybridized carbons (Fsp3) is 0.450. The molecule has 0 saturated heterocycles. The van der Waals surface area contributed by atoms with E-state index in [4.69, 9.17) is 0 Å². The highest BCUT2D eigenvalue weighted by molar-refractivity contribution is 7.63. The molecule has 0 aliphatic rings. The SMILES string of the molecule is CCP(=O)(CC)Cc1ccc(C(=O)Nc2cnc(C(C)(C)C)cn2)cc1. The summed E-state index contributed by atoms with van der Waals surface area (Å²) in [6, 6.07) is 7.27. The topological polar surface area (TPSA) is 72.0 Å². The van der Waals surface area contributed by atoms with Crippen LogP contribution in [0.1, 0.15) is 56.2 Å². The molecule has 140 valence electrons. The molecule has 0 saturated carbocycles. The average molecular weight is 373 g/mol. The van der Waals surface area contributed by atoms with Gasteiger partial charge in [0.15, 0.2) is 5.82 Å². The Morgan fingerprint density at radius 3 is 2.12 bits per heavy atom. The summed E-state index contributed by atoms with van der Waals surface area (Å²) in [5.74, 6) is 0.192. The van der Waals surface area contributed by atoms with E-state index in [1.807, 2.05) is 26.0 Å². The predicted molar refractivity (Wildman–Crippen MR) is 108 cm³/mol. The third-order valence-electron chi connectivity index (χ3n) is 4.50. The Kier molecular flexibility index (Phi) is 6.35. The maximum atomic E-state index is 12.6. The van der Waals surface area contributed by atoms with Gasteiger partial charge < -0.3 is 9.88 Å². The van der Waals surface area contributed by atoms with Crippen molar-refractivity contribution in [1.29, 1.82) is 0 Å². The molecular formula is C20H28N3O2P. The smallest absolute Gasteiger partial charge is 0.256 e. The molecule has 0 unspecified atom stereocenters. The van der Waals surface area contributed by atoms with Crippen molar-refractivity contribution in [1.82, 2.24) is 9.97 Å². The predicted octanol–water partition coefficient (Wildman–Crippen LogP) is 4.93. The van der Waals surface area contributed by atoms with Crippen LogP contribution in [-0.4, -0.2) is 28.2 Å². The van der Waals surface area contributed by atoms with Crippen molar-refractivity contribution in [3.63, 3.8) is 0 Å². The second kappa shape index (κ2) is 8.13. The summed E-state index contributed by atoms with van der Waals surface area (Å²) in [6.45, 7) is 10.1. The lowest BCUT2D eigenvalue weighted by atomic mass is 9.93. The molecule has 0 fully saturated rings. The highest BCUT2D eigenvalue weighted by atomic mass is 31.2. The normalized spacial score (nSPS) is 12.0. The Labute approximate surface area is 156 Å². The number of carbonyl (C=O) groups excluding carboxylic acids is 1. The van der Waals surface area contributed by atoms with E-state index in [0.717, 1.165) is 11.3 Å². The number of aromatic nitrogens is 2. The average Bonchev–Trinajstić information content (AvgIpc) is 2.62. The number of rotatable bonds is 6. The van der Waals surface area contributed by atoms with Gasteiger partial charge in [0.05, 0.1) is 25.2 Å². The van der Waals surface area contributed by atoms with Crippen molar-refractivity contribution >= 4 is 18.9 Å². The molecule has 5 nitrogen and oxygen atoms in total. The van der Waals surface area contributed by atoms with Gasteiger partial charge in [-0.05, 0) is 30.0 Å². The quantitative estimate of drug-likeness (QED) is 0.729. The number of nitrogens with one attached hydrogen (secondary N) is 1. The highest BCUT2D eigenvalue weighted by Gasteiger charge is 2.18. The maximum Gasteiger partial charge on any atom is 0.256 e. The standard InChI is InChI=1S/C20H28N3O2P/c1-6-26(25,7-2)14-15-8-10-16(11-9-15)19(24)23-18-13-21-17(12-22-18)20(3,4)5/h8-13H,6-7,14H2,1-5H3,(H,22,23,24). The molecule has 2 aromatic rings. The minimum atomic E-state index is -2.13. The van der Waals surface area contributed by atoms with Crippen LogP contribution in [0.2, 0.25) is 0 Å². The molecule has 6 heteroatoms. The van der Waals surface area contributed by atoms with Crippen LogP contribution in [0.15, 0.2) is 36.7 Å². The van der Waals surface area contributed by atoms with Crippen LogP contribution >= 0.6 is 7.14 Å². The fourth-order valence-electron chi connectivity index (χ4n) is 2.51. The van der Waals surface area contributed by atoms with Gasteiger partial charge in [-0.15, -0.1) is 0 Å². The van der Waals surface area contributed by atoms with E-state index in [1.54, 1.807) is 24.5 Å². The van der Waals surface area contributed by atoms with Crippen molar-refractivity contribution in [2.75, 3.05) is 17.6 Å². The largest absolute Gasteiger partial charge is 0.323 e. The molecular weight excluding hydrogens is 345 g/mol. The van der Waals surface area contributed by atoms with Crippen molar-refractivity contribution in [2.45, 2.75) is 46.2 Å². The molecule has 0 radical (unpaired) electrons. The molecule has 0 aliphatic carbocycles. The van der Waals surface area contributed by atoms with Gasteiger partial charge in [-0.1, -0.05) is 46.8 Å². The van der Waals surface area contributed by atoms with Gasteiger partial charge in [0, 0.05) is 17.1 Å². The summed E-state index contributed by atoms with van der Waals surface area (Å²) >= 11 is 0. The zero-order valence-corrected chi connectivity index (χ0v) is 17.1. The van der Waals surface area contributed by atoms with Crippen LogP contribution in [0.5, 0.6) is 0 Å². The Morgan fingerprint density at radius 2 is 1.65 bits per heavy atom. The molecule has 26 heavy (non-hydrogen) atoms. The monoisotopic (exact) mass is 373 g/mol. The Bertz CT molecular complexity index is 785. The van der Waals surface area contributed by atoms with Crippen LogP contribution in [0.25, 0.3) is 0 Å². The Morgan fingerprint density at radius 1 is 1.04 bits per heavy atom. The summed E-state index contributed by atoms with van der Waals surface area (Å²) < 4.78 is 12.6. The van der Waals surface area contributed by atoms with Crippen LogP contribution in [0.3, 0.4) is 0 Å². The zero-order valence-electron chi connectivity index (χ0n) is 16.2. The number of benzene rings is 1. The van der Waals surface area contributed by atoms with Gasteiger partial charge in [0.1, 0.15) is 0 Å². The van der Waals surface area contributed by atoms with E-state index in [-0.39, 0.29) is 11.3 Å². The Hall–Kier alpha value is -2.00. The van der Waals surface area contributed by atoms with Gasteiger partial charge in [-0.2, -0.15) is 0 Å². The van der Waals surface area contributed by atoms with Crippen LogP contribution in [0, 0.1) is 0 Å². The molecule has 1 N–H and O–H groups in total. The van der Waals surface area contributed by atoms with Gasteiger partial charge in [0.25, 0.3) is 5.91 Å². The van der Waals surface area contributed by atoms with E-state index in [1.165, 1.54) is 0 Å². The first kappa shape index (κ1) is 20.3. The lowest BCUT2D eigenvalue weighted by molar-refractivity contribution is 0.102. The number of anilines is 1. The van der Waals surface area contributed by atoms with E-state index in [9.17, 15) is 9.36 Å². The van der Waals surface area contributed by atoms with E-state index in [2.05, 4.69) is 36.1 Å². The highest BCUT2D eigenvalue weighted by Crippen LogP contribution is 2.48. The molecule has 1 amide bonds. The summed E-state index contributed by atoms with van der Waals surface area (Å²) in [4.78, 5) is 21.0. The molecule has 1 heterocycles. The van der Waals surface area contributed by atoms with Crippen molar-refractivity contribution < 1.29 is 9.36 Å². The molecule has 2 rings (SSSR count). The van der Waals surface area contributed by atoms with Gasteiger partial charge >= 0.3 is 0 Å². The second-order valence-corrected chi connectivity index (χ2v) is 11.2. The van der Waals surface area contributed by atoms with E-state index >= 15 is 0 Å². The number of nitrogens with zero attached hydrogens (tertiary/aromatic N) is 2. The lowest BCUT2D eigenvalue weighted by Crippen LogP contribution is -2.16. The summed E-state index contributed by atoms with van der Waals surface area (Å²) in [6.07, 6.45) is 5.25. The molecule has 1 aromatic heterocycles. The molecule has 0 aliphatic heterocycles. The zero-order chi connectivity index (χ0) is 19.4. The van der Waals surface area contributed by atoms with Gasteiger partial charge in [-0.3, -0.25) is 9.78 Å². The minimum Gasteiger partial charge on any atom is -0.323 e. The first-order valence-electron chi connectivity index (χ1n) is 8.97. The van der Waals surface area contributed by atoms with Gasteiger partial charge in [-0.25, -0.2) is 4.98 Å². The van der Waals surface area contributed by atoms with Crippen LogP contribution in [-0.2, 0) is 16.1 Å². The first-order valence-corrected chi connectivity index (χ1v) is 11.2. The first-order chi connectivity index (χ1) is 12.2. The molecule has 0 spiro atoms. The van der Waals surface area contributed by atoms with Crippen LogP contribution < -0.4 is 5.32 Å². The van der Waals surface area contributed by atoms with Crippen molar-refractivity contribution in [3.8, 4) is 0 Å². The van der Waals surface area contributed by atoms with Crippen molar-refractivity contribution in [2.24, 2.45) is 0 Å². The van der Waals surface area contributed by atoms with E-state index < -0.39 is 7.14 Å². The molecule has 1 aromatic carbocycles. The number of hydrogen-bond acceptors (Lipinski definition) is 4. The maximum absolute atomic E-state index is 12.6. The third kappa shape index (κ3) is 5.25. The number of amides is 1.